The van der Waals surface area contributed by atoms with E-state index in [4.69, 9.17) is 15.2 Å². The van der Waals surface area contributed by atoms with Gasteiger partial charge in [0.05, 0.1) is 23.7 Å². The van der Waals surface area contributed by atoms with Crippen molar-refractivity contribution in [1.82, 2.24) is 0 Å². The molecule has 3 aromatic rings. The lowest BCUT2D eigenvalue weighted by molar-refractivity contribution is -0.422. The normalized spacial score (nSPS) is 30.4. The van der Waals surface area contributed by atoms with Crippen molar-refractivity contribution >= 4 is 35.1 Å². The Balaban J connectivity index is 1.28. The number of hydrogen-bond donors (Lipinski definition) is 10. The van der Waals surface area contributed by atoms with Gasteiger partial charge >= 0.3 is 11.9 Å². The zero-order chi connectivity index (χ0) is 42.2. The number of phenolic OH excluding ortho intramolecular Hbond substituents is 2. The molecule has 2 fully saturated rings. The Bertz CT molecular complexity index is 2160. The van der Waals surface area contributed by atoms with Crippen molar-refractivity contribution in [3.8, 4) is 17.2 Å². The summed E-state index contributed by atoms with van der Waals surface area (Å²) in [6.45, 7) is -0.800. The van der Waals surface area contributed by atoms with Crippen molar-refractivity contribution in [2.45, 2.75) is 92.3 Å². The van der Waals surface area contributed by atoms with Crippen LogP contribution in [0.25, 0.3) is 6.08 Å². The number of carboxylic acids is 1. The first-order chi connectivity index (χ1) is 28.2. The van der Waals surface area contributed by atoms with Crippen LogP contribution < -0.4 is 15.4 Å². The lowest BCUT2D eigenvalue weighted by atomic mass is 9.68. The van der Waals surface area contributed by atoms with Crippen LogP contribution in [0.5, 0.6) is 17.2 Å². The maximum Gasteiger partial charge on any atom is 0.355 e. The Labute approximate surface area is 338 Å². The first kappa shape index (κ1) is 41.9. The Morgan fingerprint density at radius 2 is 1.73 bits per heavy atom. The number of anilines is 1. The van der Waals surface area contributed by atoms with E-state index in [-0.39, 0.29) is 49.2 Å². The molecule has 1 aliphatic carbocycles. The fourth-order valence-corrected chi connectivity index (χ4v) is 8.93. The number of aliphatic carboxylic acids is 1. The molecule has 7 rings (SSSR count). The molecule has 1 amide bonds. The van der Waals surface area contributed by atoms with E-state index in [1.54, 1.807) is 12.1 Å². The molecule has 11 N–H and O–H groups in total. The summed E-state index contributed by atoms with van der Waals surface area (Å²) < 4.78 is 10.8. The maximum atomic E-state index is 14.4. The topological polar surface area (TPSA) is 289 Å². The van der Waals surface area contributed by atoms with E-state index in [9.17, 15) is 55.5 Å². The minimum absolute atomic E-state index is 0.0193. The van der Waals surface area contributed by atoms with E-state index in [2.05, 4.69) is 9.98 Å². The molecule has 0 spiro atoms. The first-order valence-electron chi connectivity index (χ1n) is 19.4. The van der Waals surface area contributed by atoms with Crippen LogP contribution in [-0.4, -0.2) is 132 Å². The molecule has 4 aliphatic rings. The second-order valence-electron chi connectivity index (χ2n) is 15.4. The molecule has 3 aliphatic heterocycles. The zero-order valence-corrected chi connectivity index (χ0v) is 31.9. The van der Waals surface area contributed by atoms with Crippen LogP contribution in [0.3, 0.4) is 0 Å². The molecule has 1 saturated carbocycles. The van der Waals surface area contributed by atoms with Gasteiger partial charge < -0.3 is 61.2 Å². The Morgan fingerprint density at radius 1 is 0.983 bits per heavy atom. The van der Waals surface area contributed by atoms with Crippen LogP contribution in [-0.2, 0) is 26.2 Å². The Kier molecular flexibility index (Phi) is 11.9. The molecule has 59 heavy (non-hydrogen) atoms. The Hall–Kier alpha value is -5.24. The highest BCUT2D eigenvalue weighted by atomic mass is 16.8. The fraction of sp³-hybridized carbons (Fsp3) is 0.429. The smallest absolute Gasteiger partial charge is 0.355 e. The van der Waals surface area contributed by atoms with Crippen molar-refractivity contribution in [3.05, 3.63) is 89.0 Å². The molecule has 3 heterocycles. The monoisotopic (exact) mass is 816 g/mol. The summed E-state index contributed by atoms with van der Waals surface area (Å²) in [5, 5.41) is 94.7. The molecular formula is C42H48N4O13. The lowest BCUT2D eigenvalue weighted by Crippen LogP contribution is -2.67. The second kappa shape index (κ2) is 16.8. The highest BCUT2D eigenvalue weighted by Crippen LogP contribution is 2.54. The van der Waals surface area contributed by atoms with Crippen LogP contribution in [0.4, 0.5) is 5.69 Å². The zero-order valence-electron chi connectivity index (χ0n) is 31.9. The molecule has 0 bridgehead atoms. The summed E-state index contributed by atoms with van der Waals surface area (Å²) in [6.07, 6.45) is -2.45. The number of aliphatic hydroxyl groups is 6. The molecule has 1 saturated heterocycles. The summed E-state index contributed by atoms with van der Waals surface area (Å²) in [6, 6.07) is 14.5. The average Bonchev–Trinajstić information content (AvgIpc) is 3.91. The quantitative estimate of drug-likeness (QED) is 0.0845. The number of carboxylic acid groups (broad SMARTS) is 1. The number of amides is 1. The van der Waals surface area contributed by atoms with E-state index < -0.39 is 77.7 Å². The van der Waals surface area contributed by atoms with Crippen molar-refractivity contribution < 1.29 is 65.0 Å². The van der Waals surface area contributed by atoms with Gasteiger partial charge in [0.15, 0.2) is 17.6 Å². The molecule has 0 aromatic heterocycles. The maximum absolute atomic E-state index is 14.4. The number of fused-ring (bicyclic) bond motifs is 1. The summed E-state index contributed by atoms with van der Waals surface area (Å²) in [5.41, 5.74) is 9.44. The molecule has 9 atom stereocenters. The number of carbonyl (C=O) groups excluding carboxylic acids is 1. The number of benzene rings is 3. The molecule has 0 unspecified atom stereocenters. The van der Waals surface area contributed by atoms with Gasteiger partial charge in [-0.25, -0.2) is 4.79 Å². The van der Waals surface area contributed by atoms with Crippen LogP contribution in [0.1, 0.15) is 60.3 Å². The molecule has 314 valence electrons. The number of nitrogens with zero attached hydrogens (tertiary/aromatic N) is 3. The number of ether oxygens (including phenoxy) is 2. The number of hydrogen-bond acceptors (Lipinski definition) is 15. The van der Waals surface area contributed by atoms with Crippen LogP contribution >= 0.6 is 0 Å². The highest BCUT2D eigenvalue weighted by molar-refractivity contribution is 6.43. The number of rotatable bonds is 13. The lowest BCUT2D eigenvalue weighted by Gasteiger charge is -2.44. The molecule has 17 heteroatoms. The number of aliphatic imine (C=N–C) groups is 2. The van der Waals surface area contributed by atoms with Crippen molar-refractivity contribution in [2.24, 2.45) is 15.7 Å². The van der Waals surface area contributed by atoms with Crippen molar-refractivity contribution in [3.63, 3.8) is 0 Å². The van der Waals surface area contributed by atoms with Gasteiger partial charge in [0.2, 0.25) is 0 Å². The number of phenols is 2. The molecule has 0 radical (unpaired) electrons. The third kappa shape index (κ3) is 7.83. The SMILES string of the molecule is N[C@H]1CCC[C@@]1(C[C@H]1c2cc(O)c(O[C@@]3(O)O[C@H](CO)[C@@H](O)[C@H](O)[C@H]3O)cc2N(C(=O)C=Cc2ccc(O)c(CC3=NCN=C3CCO)c2)[C@H]1C(=O)O)c1ccccc1. The van der Waals surface area contributed by atoms with E-state index in [1.807, 2.05) is 30.3 Å². The molecular weight excluding hydrogens is 768 g/mol. The summed E-state index contributed by atoms with van der Waals surface area (Å²) >= 11 is 0. The molecule has 3 aromatic carbocycles. The third-order valence-corrected chi connectivity index (χ3v) is 12.0. The standard InChI is InChI=1S/C42H48N4O13/c43-34-7-4-13-41(34,24-5-2-1-3-6-24)19-26-25-17-31(50)32(58-42(57)39(54)38(53)37(52)33(20-48)59-42)18-29(25)46(36(26)40(55)56)35(51)11-9-22-8-10-30(49)23(15-22)16-28-27(12-14-47)44-21-45-28/h1-3,5-6,8-11,15,17-18,26,33-34,36-39,47-50,52-54,57H,4,7,12-14,16,19-21,43H2,(H,55,56)/t26-,33+,34-,36+,37+,38-,39+,41+,42+/m0/s1. The highest BCUT2D eigenvalue weighted by Gasteiger charge is 2.56. The van der Waals surface area contributed by atoms with Crippen molar-refractivity contribution in [1.29, 1.82) is 0 Å². The predicted molar refractivity (Wildman–Crippen MR) is 212 cm³/mol. The number of nitrogens with two attached hydrogens (primary N) is 1. The van der Waals surface area contributed by atoms with Gasteiger partial charge in [-0.15, -0.1) is 0 Å². The van der Waals surface area contributed by atoms with E-state index in [1.165, 1.54) is 18.2 Å². The van der Waals surface area contributed by atoms with Gasteiger partial charge in [0.1, 0.15) is 36.8 Å². The van der Waals surface area contributed by atoms with Gasteiger partial charge in [-0.2, -0.15) is 0 Å². The second-order valence-corrected chi connectivity index (χ2v) is 15.4. The predicted octanol–water partition coefficient (Wildman–Crippen LogP) is 0.811. The van der Waals surface area contributed by atoms with E-state index in [0.717, 1.165) is 29.0 Å². The number of aliphatic hydroxyl groups excluding tert-OH is 5. The van der Waals surface area contributed by atoms with Crippen LogP contribution in [0.2, 0.25) is 0 Å². The van der Waals surface area contributed by atoms with Gasteiger partial charge in [0.25, 0.3) is 5.91 Å². The van der Waals surface area contributed by atoms with E-state index in [0.29, 0.717) is 41.8 Å². The Morgan fingerprint density at radius 3 is 2.41 bits per heavy atom. The number of aromatic hydroxyl groups is 2. The van der Waals surface area contributed by atoms with E-state index >= 15 is 0 Å². The number of carbonyl (C=O) groups is 2. The third-order valence-electron chi connectivity index (χ3n) is 12.0. The van der Waals surface area contributed by atoms with Crippen LogP contribution in [0, 0.1) is 0 Å². The van der Waals surface area contributed by atoms with Crippen molar-refractivity contribution in [2.75, 3.05) is 24.8 Å². The van der Waals surface area contributed by atoms with Crippen LogP contribution in [0.15, 0.2) is 76.7 Å². The largest absolute Gasteiger partial charge is 0.508 e. The summed E-state index contributed by atoms with van der Waals surface area (Å²) in [4.78, 5) is 37.6. The minimum Gasteiger partial charge on any atom is -0.508 e. The first-order valence-corrected chi connectivity index (χ1v) is 19.4. The molecule has 17 nitrogen and oxygen atoms in total. The van der Waals surface area contributed by atoms with Gasteiger partial charge in [0, 0.05) is 54.5 Å². The minimum atomic E-state index is -3.13. The van der Waals surface area contributed by atoms with Gasteiger partial charge in [-0.1, -0.05) is 42.8 Å². The average molecular weight is 817 g/mol. The van der Waals surface area contributed by atoms with Gasteiger partial charge in [-0.05, 0) is 60.2 Å². The fourth-order valence-electron chi connectivity index (χ4n) is 8.93. The van der Waals surface area contributed by atoms with Gasteiger partial charge in [-0.3, -0.25) is 19.7 Å². The summed E-state index contributed by atoms with van der Waals surface area (Å²) in [7, 11) is 0. The summed E-state index contributed by atoms with van der Waals surface area (Å²) in [5.74, 6) is -7.48.